The number of benzene rings is 2. The van der Waals surface area contributed by atoms with E-state index in [1.165, 1.54) is 36.9 Å². The Bertz CT molecular complexity index is 1100. The highest BCUT2D eigenvalue weighted by molar-refractivity contribution is 5.58. The molecule has 0 saturated carbocycles. The summed E-state index contributed by atoms with van der Waals surface area (Å²) in [5.41, 5.74) is -0.357. The lowest BCUT2D eigenvalue weighted by Crippen LogP contribution is -2.02. The molecular weight excluding hydrogens is 388 g/mol. The van der Waals surface area contributed by atoms with Crippen LogP contribution in [0.25, 0.3) is 11.4 Å². The number of rotatable bonds is 6. The van der Waals surface area contributed by atoms with Crippen LogP contribution >= 0.6 is 0 Å². The predicted molar refractivity (Wildman–Crippen MR) is 91.7 cm³/mol. The summed E-state index contributed by atoms with van der Waals surface area (Å²) in [6, 6.07) is 8.02. The topological polar surface area (TPSA) is 183 Å². The molecular formula is C14H8N10O5. The Morgan fingerprint density at radius 1 is 0.759 bits per heavy atom. The Labute approximate surface area is 159 Å². The number of ether oxygens (including phenoxy) is 1. The van der Waals surface area contributed by atoms with Crippen LogP contribution in [0, 0.1) is 20.2 Å². The van der Waals surface area contributed by atoms with Gasteiger partial charge in [-0.25, -0.2) is 0 Å². The molecule has 0 aliphatic carbocycles. The fourth-order valence-corrected chi connectivity index (χ4v) is 2.49. The van der Waals surface area contributed by atoms with E-state index < -0.39 is 9.85 Å². The van der Waals surface area contributed by atoms with Crippen LogP contribution < -0.4 is 4.74 Å². The Hall–Kier alpha value is -4.82. The Morgan fingerprint density at radius 2 is 1.21 bits per heavy atom. The minimum atomic E-state index is -0.618. The van der Waals surface area contributed by atoms with Crippen LogP contribution in [-0.4, -0.2) is 50.3 Å². The first-order valence-electron chi connectivity index (χ1n) is 7.74. The maximum atomic E-state index is 11.4. The minimum Gasteiger partial charge on any atom is -0.457 e. The molecule has 144 valence electrons. The monoisotopic (exact) mass is 396 g/mol. The van der Waals surface area contributed by atoms with Gasteiger partial charge >= 0.3 is 0 Å². The van der Waals surface area contributed by atoms with Gasteiger partial charge in [0.05, 0.1) is 22.0 Å². The maximum absolute atomic E-state index is 11.4. The average molecular weight is 396 g/mol. The number of tetrazole rings is 2. The van der Waals surface area contributed by atoms with Crippen molar-refractivity contribution in [2.75, 3.05) is 0 Å². The van der Waals surface area contributed by atoms with Crippen molar-refractivity contribution in [3.05, 3.63) is 69.3 Å². The minimum absolute atomic E-state index is 0.0954. The largest absolute Gasteiger partial charge is 0.457 e. The second-order valence-corrected chi connectivity index (χ2v) is 5.43. The summed E-state index contributed by atoms with van der Waals surface area (Å²) in [6.45, 7) is 0. The second-order valence-electron chi connectivity index (χ2n) is 5.43. The third-order valence-electron chi connectivity index (χ3n) is 3.71. The maximum Gasteiger partial charge on any atom is 0.298 e. The van der Waals surface area contributed by atoms with E-state index in [1.54, 1.807) is 0 Å². The molecule has 4 aromatic rings. The molecule has 0 radical (unpaired) electrons. The molecule has 0 atom stereocenters. The average Bonchev–Trinajstić information content (AvgIpc) is 3.42. The van der Waals surface area contributed by atoms with Crippen LogP contribution in [0.4, 0.5) is 11.4 Å². The smallest absolute Gasteiger partial charge is 0.298 e. The number of aromatic nitrogens is 8. The van der Waals surface area contributed by atoms with Gasteiger partial charge in [0.15, 0.2) is 0 Å². The van der Waals surface area contributed by atoms with Gasteiger partial charge in [0.1, 0.15) is 35.5 Å². The summed E-state index contributed by atoms with van der Waals surface area (Å²) in [5.74, 6) is 0.191. The molecule has 15 heteroatoms. The molecule has 15 nitrogen and oxygen atoms in total. The van der Waals surface area contributed by atoms with Crippen molar-refractivity contribution >= 4 is 11.4 Å². The molecule has 2 aromatic heterocycles. The normalized spacial score (nSPS) is 10.6. The van der Waals surface area contributed by atoms with Crippen molar-refractivity contribution in [2.24, 2.45) is 0 Å². The van der Waals surface area contributed by atoms with Crippen LogP contribution in [0.1, 0.15) is 0 Å². The standard InChI is InChI=1S/C14H8N10O5/c25-23(26)13-5-9(1-3-11(13)21-7-15-17-19-21)29-10-2-4-12(14(6-10)24(27)28)22-8-16-18-20-22/h1-8H. The summed E-state index contributed by atoms with van der Waals surface area (Å²) < 4.78 is 7.84. The summed E-state index contributed by atoms with van der Waals surface area (Å²) in [5, 5.41) is 43.8. The zero-order chi connectivity index (χ0) is 20.4. The second kappa shape index (κ2) is 7.06. The molecule has 29 heavy (non-hydrogen) atoms. The van der Waals surface area contributed by atoms with Gasteiger partial charge in [-0.15, -0.1) is 10.2 Å². The van der Waals surface area contributed by atoms with Crippen LogP contribution in [0.2, 0.25) is 0 Å². The van der Waals surface area contributed by atoms with E-state index >= 15 is 0 Å². The summed E-state index contributed by atoms with van der Waals surface area (Å²) >= 11 is 0. The van der Waals surface area contributed by atoms with Crippen molar-refractivity contribution in [2.45, 2.75) is 0 Å². The highest BCUT2D eigenvalue weighted by Crippen LogP contribution is 2.33. The number of hydrogen-bond donors (Lipinski definition) is 0. The third-order valence-corrected chi connectivity index (χ3v) is 3.71. The highest BCUT2D eigenvalue weighted by atomic mass is 16.6. The first-order valence-corrected chi connectivity index (χ1v) is 7.74. The molecule has 0 fully saturated rings. The van der Waals surface area contributed by atoms with Crippen LogP contribution in [-0.2, 0) is 0 Å². The van der Waals surface area contributed by atoms with E-state index in [-0.39, 0.29) is 34.2 Å². The first kappa shape index (κ1) is 17.6. The van der Waals surface area contributed by atoms with Crippen LogP contribution in [0.15, 0.2) is 49.1 Å². The van der Waals surface area contributed by atoms with E-state index in [4.69, 9.17) is 4.74 Å². The Kier molecular flexibility index (Phi) is 4.28. The fourth-order valence-electron chi connectivity index (χ4n) is 2.49. The van der Waals surface area contributed by atoms with Gasteiger partial charge in [0, 0.05) is 0 Å². The molecule has 0 N–H and O–H groups in total. The molecule has 0 amide bonds. The molecule has 0 saturated heterocycles. The van der Waals surface area contributed by atoms with Crippen molar-refractivity contribution in [3.63, 3.8) is 0 Å². The Morgan fingerprint density at radius 3 is 1.55 bits per heavy atom. The molecule has 0 aliphatic rings. The van der Waals surface area contributed by atoms with E-state index in [1.807, 2.05) is 0 Å². The van der Waals surface area contributed by atoms with Gasteiger partial charge in [-0.2, -0.15) is 9.36 Å². The molecule has 2 aromatic carbocycles. The number of nitro groups is 2. The van der Waals surface area contributed by atoms with Crippen molar-refractivity contribution < 1.29 is 14.6 Å². The van der Waals surface area contributed by atoms with E-state index in [9.17, 15) is 20.2 Å². The number of nitro benzene ring substituents is 2. The predicted octanol–water partition coefficient (Wildman–Crippen LogP) is 1.25. The van der Waals surface area contributed by atoms with Gasteiger partial charge < -0.3 is 4.74 Å². The lowest BCUT2D eigenvalue weighted by molar-refractivity contribution is -0.384. The SMILES string of the molecule is O=[N+]([O-])c1cc(Oc2ccc(-n3cnnn3)c([N+](=O)[O-])c2)ccc1-n1cnnn1. The summed E-state index contributed by atoms with van der Waals surface area (Å²) in [6.07, 6.45) is 2.42. The van der Waals surface area contributed by atoms with E-state index in [0.29, 0.717) is 0 Å². The third kappa shape index (κ3) is 3.42. The molecule has 0 bridgehead atoms. The van der Waals surface area contributed by atoms with Gasteiger partial charge in [-0.05, 0) is 45.1 Å². The fraction of sp³-hybridized carbons (Fsp3) is 0. The molecule has 0 unspecified atom stereocenters. The Balaban J connectivity index is 1.69. The quantitative estimate of drug-likeness (QED) is 0.337. The lowest BCUT2D eigenvalue weighted by Gasteiger charge is -2.09. The first-order chi connectivity index (χ1) is 14.0. The van der Waals surface area contributed by atoms with Crippen molar-refractivity contribution in [1.82, 2.24) is 40.4 Å². The lowest BCUT2D eigenvalue weighted by atomic mass is 10.2. The number of hydrogen-bond acceptors (Lipinski definition) is 11. The molecule has 4 rings (SSSR count). The van der Waals surface area contributed by atoms with Gasteiger partial charge in [0.2, 0.25) is 0 Å². The number of nitrogens with zero attached hydrogens (tertiary/aromatic N) is 10. The zero-order valence-electron chi connectivity index (χ0n) is 14.1. The van der Waals surface area contributed by atoms with Crippen LogP contribution in [0.5, 0.6) is 11.5 Å². The zero-order valence-corrected chi connectivity index (χ0v) is 14.1. The van der Waals surface area contributed by atoms with E-state index in [2.05, 4.69) is 31.1 Å². The highest BCUT2D eigenvalue weighted by Gasteiger charge is 2.20. The van der Waals surface area contributed by atoms with Crippen LogP contribution in [0.3, 0.4) is 0 Å². The summed E-state index contributed by atoms with van der Waals surface area (Å²) in [7, 11) is 0. The van der Waals surface area contributed by atoms with Gasteiger partial charge in [-0.1, -0.05) is 0 Å². The van der Waals surface area contributed by atoms with Gasteiger partial charge in [0.25, 0.3) is 11.4 Å². The molecule has 0 aliphatic heterocycles. The molecule has 0 spiro atoms. The van der Waals surface area contributed by atoms with E-state index in [0.717, 1.165) is 21.5 Å². The van der Waals surface area contributed by atoms with Crippen molar-refractivity contribution in [3.8, 4) is 22.9 Å². The molecule has 2 heterocycles. The van der Waals surface area contributed by atoms with Gasteiger partial charge in [-0.3, -0.25) is 20.2 Å². The summed E-state index contributed by atoms with van der Waals surface area (Å²) in [4.78, 5) is 21.6. The van der Waals surface area contributed by atoms with Crippen molar-refractivity contribution in [1.29, 1.82) is 0 Å².